The van der Waals surface area contributed by atoms with E-state index in [0.717, 1.165) is 11.8 Å². The molecule has 80 valence electrons. The summed E-state index contributed by atoms with van der Waals surface area (Å²) in [4.78, 5) is 16.9. The SMILES string of the molecule is NC=C(F)C(N)=NCc1ccc(=O)[nH]c1. The van der Waals surface area contributed by atoms with Crippen LogP contribution < -0.4 is 17.0 Å². The Balaban J connectivity index is 2.72. The van der Waals surface area contributed by atoms with Crippen LogP contribution in [0.3, 0.4) is 0 Å². The summed E-state index contributed by atoms with van der Waals surface area (Å²) in [7, 11) is 0. The molecule has 0 unspecified atom stereocenters. The minimum Gasteiger partial charge on any atom is -0.402 e. The van der Waals surface area contributed by atoms with Crippen LogP contribution in [0.1, 0.15) is 5.56 Å². The quantitative estimate of drug-likeness (QED) is 0.484. The van der Waals surface area contributed by atoms with Crippen molar-refractivity contribution in [2.24, 2.45) is 16.5 Å². The number of pyridine rings is 1. The Morgan fingerprint density at radius 1 is 1.60 bits per heavy atom. The van der Waals surface area contributed by atoms with E-state index in [1.54, 1.807) is 6.07 Å². The van der Waals surface area contributed by atoms with E-state index in [0.29, 0.717) is 0 Å². The Bertz CT molecular complexity index is 429. The van der Waals surface area contributed by atoms with Crippen molar-refractivity contribution in [2.75, 3.05) is 0 Å². The zero-order chi connectivity index (χ0) is 11.3. The number of H-pyrrole nitrogens is 1. The van der Waals surface area contributed by atoms with Gasteiger partial charge < -0.3 is 16.5 Å². The molecule has 1 heterocycles. The number of halogens is 1. The molecule has 15 heavy (non-hydrogen) atoms. The number of amidine groups is 1. The summed E-state index contributed by atoms with van der Waals surface area (Å²) in [6.07, 6.45) is 2.23. The molecule has 1 aromatic rings. The second kappa shape index (κ2) is 4.94. The predicted molar refractivity (Wildman–Crippen MR) is 55.8 cm³/mol. The maximum absolute atomic E-state index is 12.7. The normalized spacial score (nSPS) is 12.9. The Morgan fingerprint density at radius 2 is 2.33 bits per heavy atom. The van der Waals surface area contributed by atoms with Crippen molar-refractivity contribution in [1.82, 2.24) is 4.98 Å². The molecule has 0 saturated carbocycles. The summed E-state index contributed by atoms with van der Waals surface area (Å²) in [5.41, 5.74) is 10.7. The maximum Gasteiger partial charge on any atom is 0.247 e. The van der Waals surface area contributed by atoms with Gasteiger partial charge in [0.2, 0.25) is 5.56 Å². The third-order valence-electron chi connectivity index (χ3n) is 1.67. The minimum atomic E-state index is -0.764. The molecule has 0 aliphatic rings. The molecule has 0 aliphatic carbocycles. The maximum atomic E-state index is 12.7. The molecular formula is C9H11FN4O. The topological polar surface area (TPSA) is 97.3 Å². The average Bonchev–Trinajstić information content (AvgIpc) is 2.26. The molecule has 0 spiro atoms. The van der Waals surface area contributed by atoms with Gasteiger partial charge in [-0.2, -0.15) is 0 Å². The third kappa shape index (κ3) is 3.26. The van der Waals surface area contributed by atoms with E-state index in [-0.39, 0.29) is 17.9 Å². The first-order chi connectivity index (χ1) is 7.13. The number of nitrogens with zero attached hydrogens (tertiary/aromatic N) is 1. The van der Waals surface area contributed by atoms with Gasteiger partial charge in [0.25, 0.3) is 0 Å². The summed E-state index contributed by atoms with van der Waals surface area (Å²) in [5, 5.41) is 0. The van der Waals surface area contributed by atoms with Crippen LogP contribution in [0.4, 0.5) is 4.39 Å². The fourth-order valence-corrected chi connectivity index (χ4v) is 0.878. The van der Waals surface area contributed by atoms with E-state index in [4.69, 9.17) is 11.5 Å². The van der Waals surface area contributed by atoms with Crippen molar-refractivity contribution in [3.63, 3.8) is 0 Å². The highest BCUT2D eigenvalue weighted by Crippen LogP contribution is 1.99. The predicted octanol–water partition coefficient (Wildman–Crippen LogP) is 0.00170. The summed E-state index contributed by atoms with van der Waals surface area (Å²) in [6, 6.07) is 2.94. The van der Waals surface area contributed by atoms with Gasteiger partial charge in [0, 0.05) is 18.5 Å². The third-order valence-corrected chi connectivity index (χ3v) is 1.67. The molecule has 0 bridgehead atoms. The molecule has 0 fully saturated rings. The molecule has 6 heteroatoms. The van der Waals surface area contributed by atoms with Crippen LogP contribution in [0.5, 0.6) is 0 Å². The lowest BCUT2D eigenvalue weighted by atomic mass is 10.3. The van der Waals surface area contributed by atoms with Crippen LogP contribution >= 0.6 is 0 Å². The number of aliphatic imine (C=N–C) groups is 1. The molecule has 0 radical (unpaired) electrons. The average molecular weight is 210 g/mol. The summed E-state index contributed by atoms with van der Waals surface area (Å²) in [5.74, 6) is -1.02. The summed E-state index contributed by atoms with van der Waals surface area (Å²) < 4.78 is 12.7. The van der Waals surface area contributed by atoms with Crippen LogP contribution in [0.15, 0.2) is 40.1 Å². The highest BCUT2D eigenvalue weighted by atomic mass is 19.1. The second-order valence-corrected chi connectivity index (χ2v) is 2.78. The number of nitrogens with two attached hydrogens (primary N) is 2. The first-order valence-electron chi connectivity index (χ1n) is 4.19. The molecule has 1 rings (SSSR count). The van der Waals surface area contributed by atoms with Gasteiger partial charge in [0.1, 0.15) is 0 Å². The number of aromatic amines is 1. The zero-order valence-corrected chi connectivity index (χ0v) is 7.90. The molecular weight excluding hydrogens is 199 g/mol. The summed E-state index contributed by atoms with van der Waals surface area (Å²) >= 11 is 0. The van der Waals surface area contributed by atoms with Crippen LogP contribution in [0, 0.1) is 0 Å². The second-order valence-electron chi connectivity index (χ2n) is 2.78. The molecule has 5 nitrogen and oxygen atoms in total. The lowest BCUT2D eigenvalue weighted by Gasteiger charge is -1.97. The van der Waals surface area contributed by atoms with Gasteiger partial charge in [-0.25, -0.2) is 4.39 Å². The Labute approximate surface area is 85.3 Å². The number of nitrogens with one attached hydrogen (secondary N) is 1. The fourth-order valence-electron chi connectivity index (χ4n) is 0.878. The Hall–Kier alpha value is -2.11. The number of aromatic nitrogens is 1. The smallest absolute Gasteiger partial charge is 0.247 e. The molecule has 0 amide bonds. The van der Waals surface area contributed by atoms with Crippen molar-refractivity contribution in [1.29, 1.82) is 0 Å². The first kappa shape index (κ1) is 11.0. The van der Waals surface area contributed by atoms with Crippen molar-refractivity contribution in [3.05, 3.63) is 46.3 Å². The number of rotatable bonds is 3. The van der Waals surface area contributed by atoms with Gasteiger partial charge in [0.15, 0.2) is 11.7 Å². The molecule has 0 aromatic carbocycles. The van der Waals surface area contributed by atoms with Crippen LogP contribution in [0.2, 0.25) is 0 Å². The van der Waals surface area contributed by atoms with Crippen molar-refractivity contribution in [3.8, 4) is 0 Å². The molecule has 5 N–H and O–H groups in total. The van der Waals surface area contributed by atoms with E-state index >= 15 is 0 Å². The Kier molecular flexibility index (Phi) is 3.61. The monoisotopic (exact) mass is 210 g/mol. The first-order valence-corrected chi connectivity index (χ1v) is 4.19. The van der Waals surface area contributed by atoms with Gasteiger partial charge in [-0.15, -0.1) is 0 Å². The fraction of sp³-hybridized carbons (Fsp3) is 0.111. The highest BCUT2D eigenvalue weighted by Gasteiger charge is 1.99. The minimum absolute atomic E-state index is 0.184. The summed E-state index contributed by atoms with van der Waals surface area (Å²) in [6.45, 7) is 0.184. The van der Waals surface area contributed by atoms with Gasteiger partial charge >= 0.3 is 0 Å². The van der Waals surface area contributed by atoms with Gasteiger partial charge in [-0.05, 0) is 5.56 Å². The largest absolute Gasteiger partial charge is 0.402 e. The number of hydrogen-bond acceptors (Lipinski definition) is 3. The molecule has 0 saturated heterocycles. The lowest BCUT2D eigenvalue weighted by Crippen LogP contribution is -2.14. The van der Waals surface area contributed by atoms with Crippen molar-refractivity contribution < 1.29 is 4.39 Å². The van der Waals surface area contributed by atoms with E-state index in [2.05, 4.69) is 9.98 Å². The zero-order valence-electron chi connectivity index (χ0n) is 7.90. The lowest BCUT2D eigenvalue weighted by molar-refractivity contribution is 0.674. The molecule has 0 aliphatic heterocycles. The molecule has 0 atom stereocenters. The van der Waals surface area contributed by atoms with Gasteiger partial charge in [-0.3, -0.25) is 9.79 Å². The Morgan fingerprint density at radius 3 is 2.87 bits per heavy atom. The molecule has 1 aromatic heterocycles. The van der Waals surface area contributed by atoms with E-state index < -0.39 is 5.83 Å². The van der Waals surface area contributed by atoms with Crippen LogP contribution in [0.25, 0.3) is 0 Å². The van der Waals surface area contributed by atoms with Gasteiger partial charge in [0.05, 0.1) is 6.54 Å². The van der Waals surface area contributed by atoms with E-state index in [1.807, 2.05) is 0 Å². The van der Waals surface area contributed by atoms with Crippen LogP contribution in [-0.4, -0.2) is 10.8 Å². The van der Waals surface area contributed by atoms with Gasteiger partial charge in [-0.1, -0.05) is 6.07 Å². The van der Waals surface area contributed by atoms with E-state index in [1.165, 1.54) is 12.3 Å². The van der Waals surface area contributed by atoms with E-state index in [9.17, 15) is 9.18 Å². The highest BCUT2D eigenvalue weighted by molar-refractivity contribution is 5.94. The standard InChI is InChI=1S/C9H11FN4O/c10-7(3-11)9(12)14-5-6-1-2-8(15)13-4-6/h1-4H,5,11H2,(H2,12,14)(H,13,15). The van der Waals surface area contributed by atoms with Crippen molar-refractivity contribution >= 4 is 5.84 Å². The number of hydrogen-bond donors (Lipinski definition) is 3. The van der Waals surface area contributed by atoms with Crippen molar-refractivity contribution in [2.45, 2.75) is 6.54 Å². The van der Waals surface area contributed by atoms with Crippen LogP contribution in [-0.2, 0) is 6.54 Å².